The number of allylic oxidation sites excluding steroid dienone is 1. The van der Waals surface area contributed by atoms with Crippen molar-refractivity contribution < 1.29 is 48.9 Å². The minimum atomic E-state index is -0.483. The Morgan fingerprint density at radius 1 is 0.384 bits per heavy atom. The van der Waals surface area contributed by atoms with Crippen molar-refractivity contribution in [2.45, 2.75) is 454 Å². The molecule has 19 saturated carbocycles. The fraction of sp³-hybridized carbons (Fsp3) is 0.860. The normalized spacial score (nSPS) is 47.7. The molecule has 20 aliphatic carbocycles. The van der Waals surface area contributed by atoms with Gasteiger partial charge in [0.05, 0.1) is 52.2 Å². The van der Waals surface area contributed by atoms with Gasteiger partial charge in [-0.05, 0) is 477 Å². The van der Waals surface area contributed by atoms with Crippen molar-refractivity contribution in [2.24, 2.45) is 196 Å². The van der Waals surface area contributed by atoms with Gasteiger partial charge in [-0.2, -0.15) is 20.7 Å². The number of carbonyl (C=O) groups is 7. The summed E-state index contributed by atoms with van der Waals surface area (Å²) in [7, 11) is 0. The number of rotatable bonds is 8. The molecule has 20 aliphatic rings. The molecule has 0 saturated heterocycles. The largest absolute Gasteiger partial charge is 0.390 e. The van der Waals surface area contributed by atoms with Crippen LogP contribution in [0.15, 0.2) is 36.4 Å². The first-order chi connectivity index (χ1) is 62.7. The first kappa shape index (κ1) is 112. The Morgan fingerprint density at radius 2 is 0.725 bits per heavy atom. The second kappa shape index (κ2) is 41.5. The average Bonchev–Trinajstić information content (AvgIpc) is 1.47. The predicted molar refractivity (Wildman–Crippen MR) is 558 cm³/mol. The van der Waals surface area contributed by atoms with Crippen LogP contribution in [0.5, 0.6) is 0 Å². The molecule has 0 unspecified atom stereocenters. The van der Waals surface area contributed by atoms with Crippen LogP contribution in [-0.2, 0) is 40.1 Å². The highest BCUT2D eigenvalue weighted by atomic mass is 79.9. The maximum absolute atomic E-state index is 13.3. The van der Waals surface area contributed by atoms with Crippen LogP contribution in [-0.4, -0.2) is 97.9 Å². The van der Waals surface area contributed by atoms with Crippen LogP contribution < -0.4 is 0 Å². The van der Waals surface area contributed by atoms with Crippen molar-refractivity contribution in [3.05, 3.63) is 47.6 Å². The number of H-pyrrole nitrogens is 1. The lowest BCUT2D eigenvalue weighted by molar-refractivity contribution is -0.151. The predicted octanol–water partition coefficient (Wildman–Crippen LogP) is 28.1. The van der Waals surface area contributed by atoms with Crippen molar-refractivity contribution in [3.63, 3.8) is 0 Å². The van der Waals surface area contributed by atoms with Crippen LogP contribution in [0, 0.1) is 219 Å². The Hall–Kier alpha value is -4.81. The first-order valence-corrected chi connectivity index (χ1v) is 55.7. The molecule has 4 N–H and O–H groups in total. The molecule has 2 aromatic rings. The van der Waals surface area contributed by atoms with E-state index in [2.05, 4.69) is 107 Å². The third-order valence-electron chi connectivity index (χ3n) is 47.4. The fourth-order valence-electron chi connectivity index (χ4n) is 40.1. The number of hydrogen-bond donors (Lipinski definition) is 4. The number of halogens is 1. The minimum Gasteiger partial charge on any atom is -0.390 e. The lowest BCUT2D eigenvalue weighted by atomic mass is 9.44. The Bertz CT molecular complexity index is 4800. The van der Waals surface area contributed by atoms with Gasteiger partial charge < -0.3 is 15.3 Å². The summed E-state index contributed by atoms with van der Waals surface area (Å²) < 4.78 is 1.64. The van der Waals surface area contributed by atoms with E-state index in [1.165, 1.54) is 172 Å². The summed E-state index contributed by atoms with van der Waals surface area (Å²) in [5.74, 6) is 18.4. The highest BCUT2D eigenvalue weighted by molar-refractivity contribution is 9.09. The topological polar surface area (TPSA) is 274 Å². The van der Waals surface area contributed by atoms with Gasteiger partial charge in [-0.3, -0.25) is 43.3 Å². The molecule has 138 heavy (non-hydrogen) atoms. The summed E-state index contributed by atoms with van der Waals surface area (Å²) in [6, 6.07) is 4.01. The van der Waals surface area contributed by atoms with Gasteiger partial charge >= 0.3 is 0 Å². The number of aliphatic hydroxyl groups is 3. The van der Waals surface area contributed by atoms with Crippen LogP contribution in [0.1, 0.15) is 442 Å². The van der Waals surface area contributed by atoms with Gasteiger partial charge in [-0.15, -0.1) is 0 Å². The van der Waals surface area contributed by atoms with Gasteiger partial charge in [0.15, 0.2) is 11.6 Å². The van der Waals surface area contributed by atoms with Crippen molar-refractivity contribution in [2.75, 3.05) is 5.33 Å². The molecule has 0 spiro atoms. The number of fused-ring (bicyclic) bond motifs is 25. The summed E-state index contributed by atoms with van der Waals surface area (Å²) in [6.45, 7) is 36.5. The summed E-state index contributed by atoms with van der Waals surface area (Å²) in [4.78, 5) is 86.1. The van der Waals surface area contributed by atoms with Crippen LogP contribution in [0.3, 0.4) is 0 Å². The van der Waals surface area contributed by atoms with E-state index in [0.717, 1.165) is 205 Å². The number of Topliss-reactive ketones (excluding diaryl/α,β-unsaturated/α-hetero) is 6. The van der Waals surface area contributed by atoms with E-state index < -0.39 is 16.8 Å². The summed E-state index contributed by atoms with van der Waals surface area (Å²) >= 11 is 3.43. The molecule has 0 bridgehead atoms. The van der Waals surface area contributed by atoms with Crippen LogP contribution in [0.2, 0.25) is 0 Å². The monoisotopic (exact) mass is 1970 g/mol. The number of aromatic nitrogens is 4. The highest BCUT2D eigenvalue weighted by Crippen LogP contribution is 2.75. The average molecular weight is 1970 g/mol. The lowest BCUT2D eigenvalue weighted by Gasteiger charge is -2.61. The number of hydrogen-bond acceptors (Lipinski definition) is 14. The molecule has 0 aliphatic heterocycles. The molecule has 17 heteroatoms. The molecule has 774 valence electrons. The quantitative estimate of drug-likeness (QED) is 0.179. The standard InChI is InChI=1S/C26H37N3O2.C22H35BrO2.C22H36O2.C21H32O2.C21H30O2.C4H3N3.5CH4/c1-24(31)10-11-25(2)18(12-24)4-5-19-20-6-7-22(26(20,3)9-8-21(19)25)23(30)16-29-15-17(13-27)14-28-29;1-20(25)10-11-21(2)14(12-20)4-5-15-16-6-7-18(19(24)13-23)22(16,3)9-8-17(15)21;1-14(23)17-7-8-18-16-6-5-15-13-20(2,24)11-12-21(15,3)19(16)9-10-22(17,18)4;2*1-13(22)17-6-7-18-16-5-4-14-12-15(23)8-10-20(14,2)19(16)9-11-21(17,18)3;5-1-4-2-6-7-3-4;;;;;/h14-15,18-22,31H,4-12,16H2,1-3H3;14-18,25H,4-13H2,1-3H3;15-19,24H,5-13H2,1-4H3;14,16-19H,4-12H2,1-3H3;12,16-19H,4-11H2,1-3H3;2-3H,(H,6,7);5*1H4/t18-,19+,20+,21+,22-,24-,25+,26+;14-,15+,16+,17+,18-,20-,21+,22+;15-,16+,17-,18+,19+,20-,21+,22-;14-,16+,17-,18+,19+,20+,21-;16-,17+,18-,19-,20-,21+;;;;;;/m11110....../s1. The van der Waals surface area contributed by atoms with E-state index in [4.69, 9.17) is 10.5 Å². The van der Waals surface area contributed by atoms with Gasteiger partial charge in [0.25, 0.3) is 0 Å². The molecule has 0 radical (unpaired) electrons. The zero-order valence-electron chi connectivity index (χ0n) is 85.1. The van der Waals surface area contributed by atoms with Crippen molar-refractivity contribution in [3.8, 4) is 12.1 Å². The number of aromatic amines is 1. The van der Waals surface area contributed by atoms with Crippen molar-refractivity contribution in [1.82, 2.24) is 20.0 Å². The number of ketones is 7. The van der Waals surface area contributed by atoms with Crippen LogP contribution in [0.25, 0.3) is 0 Å². The van der Waals surface area contributed by atoms with E-state index in [1.54, 1.807) is 30.2 Å². The van der Waals surface area contributed by atoms with Gasteiger partial charge in [0.2, 0.25) is 0 Å². The van der Waals surface area contributed by atoms with E-state index in [-0.39, 0.29) is 88.0 Å². The Labute approximate surface area is 845 Å². The zero-order valence-corrected chi connectivity index (χ0v) is 86.7. The lowest BCUT2D eigenvalue weighted by Crippen LogP contribution is -2.55. The minimum absolute atomic E-state index is 0. The number of nitriles is 2. The van der Waals surface area contributed by atoms with Gasteiger partial charge in [-0.1, -0.05) is 128 Å². The highest BCUT2D eigenvalue weighted by Gasteiger charge is 2.68. The van der Waals surface area contributed by atoms with Gasteiger partial charge in [0.1, 0.15) is 41.1 Å². The molecule has 16 nitrogen and oxygen atoms in total. The molecule has 0 amide bonds. The Morgan fingerprint density at radius 3 is 1.07 bits per heavy atom. The number of carbonyl (C=O) groups excluding carboxylic acids is 7. The maximum atomic E-state index is 13.3. The summed E-state index contributed by atoms with van der Waals surface area (Å²) in [5.41, 5.74) is 4.16. The number of nitrogens with one attached hydrogen (secondary N) is 1. The third kappa shape index (κ3) is 19.6. The van der Waals surface area contributed by atoms with E-state index >= 15 is 0 Å². The molecular formula is C121H193BrN6O10. The smallest absolute Gasteiger partial charge is 0.157 e. The van der Waals surface area contributed by atoms with Gasteiger partial charge in [-0.25, -0.2) is 0 Å². The molecule has 0 aromatic carbocycles. The van der Waals surface area contributed by atoms with E-state index in [1.807, 2.05) is 46.8 Å². The van der Waals surface area contributed by atoms with Crippen LogP contribution in [0.4, 0.5) is 0 Å². The Balaban J connectivity index is 0.000000151. The molecule has 2 aromatic heterocycles. The number of nitrogens with zero attached hydrogens (tertiary/aromatic N) is 5. The molecular weight excluding hydrogens is 1780 g/mol. The molecule has 19 fully saturated rings. The maximum Gasteiger partial charge on any atom is 0.157 e. The van der Waals surface area contributed by atoms with Gasteiger partial charge in [0, 0.05) is 61.2 Å². The van der Waals surface area contributed by atoms with E-state index in [9.17, 15) is 48.9 Å². The first-order valence-electron chi connectivity index (χ1n) is 54.6. The van der Waals surface area contributed by atoms with Crippen LogP contribution >= 0.6 is 15.9 Å². The molecule has 22 rings (SSSR count). The molecule has 2 heterocycles. The molecule has 37 atom stereocenters. The zero-order chi connectivity index (χ0) is 95.3. The fourth-order valence-corrected chi connectivity index (χ4v) is 40.5. The van der Waals surface area contributed by atoms with E-state index in [0.29, 0.717) is 126 Å². The summed E-state index contributed by atoms with van der Waals surface area (Å²) in [5, 5.41) is 59.8. The Kier molecular flexibility index (Phi) is 33.6. The third-order valence-corrected chi connectivity index (χ3v) is 47.9. The number of alkyl halides is 1. The second-order valence-electron chi connectivity index (χ2n) is 53.4. The van der Waals surface area contributed by atoms with Crippen molar-refractivity contribution in [1.29, 1.82) is 10.5 Å². The second-order valence-corrected chi connectivity index (χ2v) is 53.9. The van der Waals surface area contributed by atoms with Crippen molar-refractivity contribution >= 4 is 56.4 Å². The summed E-state index contributed by atoms with van der Waals surface area (Å²) in [6.07, 6.45) is 59.1. The SMILES string of the molecule is C.C.C.C.C.CC(=O)[C@H]1CC[C@H]2[C@@H]3CCC4=CC(=O)CC[C@]4(C)[C@H]3CC[C@]12C.CC(=O)[C@H]1CC[C@H]2[C@@H]3CC[C@@H]4CC(=O)CC[C@]4(C)[C@H]3CC[C@]12C.CC(=O)[C@H]1CC[C@H]2[C@@H]3CC[C@@H]4C[C@](C)(O)CC[C@]4(C)[C@H]3CC[C@]12C.C[C@@]1(O)CC[C@@]2(C)[C@H](CC[C@@H]3[C@@H]2CC[C@]2(C)[C@@H](C(=O)CBr)CC[C@@H]32)C1.C[C@@]1(O)CC[C@@]2(C)[C@H](CC[C@@H]3[C@@H]2CC[C@]2(C)[C@@H](C(=O)Cn4cc(C#N)cn4)CC[C@@H]32)C1.N#Cc1cn[nH]c1.